The first-order valence-electron chi connectivity index (χ1n) is 5.58. The summed E-state index contributed by atoms with van der Waals surface area (Å²) in [6, 6.07) is 10.3. The van der Waals surface area contributed by atoms with Gasteiger partial charge in [-0.05, 0) is 42.5 Å². The second kappa shape index (κ2) is 5.56. The number of benzene rings is 2. The molecule has 0 spiro atoms. The average Bonchev–Trinajstić information content (AvgIpc) is 2.36. The first-order valence-corrected chi connectivity index (χ1v) is 8.23. The third-order valence-electron chi connectivity index (χ3n) is 2.67. The molecular weight excluding hydrogens is 319 g/mol. The van der Waals surface area contributed by atoms with Gasteiger partial charge >= 0.3 is 0 Å². The average molecular weight is 329 g/mol. The van der Waals surface area contributed by atoms with Gasteiger partial charge in [-0.3, -0.25) is 4.79 Å². The van der Waals surface area contributed by atoms with Crippen molar-refractivity contribution in [2.75, 3.05) is 6.26 Å². The lowest BCUT2D eigenvalue weighted by Crippen LogP contribution is -2.03. The smallest absolute Gasteiger partial charge is 0.193 e. The molecule has 0 heterocycles. The van der Waals surface area contributed by atoms with Gasteiger partial charge in [0.15, 0.2) is 15.6 Å². The van der Waals surface area contributed by atoms with E-state index in [2.05, 4.69) is 0 Å². The van der Waals surface area contributed by atoms with E-state index >= 15 is 0 Å². The zero-order valence-corrected chi connectivity index (χ0v) is 12.8. The van der Waals surface area contributed by atoms with E-state index < -0.39 is 9.84 Å². The lowest BCUT2D eigenvalue weighted by atomic mass is 10.0. The number of rotatable bonds is 3. The molecule has 0 aliphatic heterocycles. The SMILES string of the molecule is CS(=O)(=O)c1ccc(C(=O)c2cc(Cl)cc(Cl)c2)cc1. The standard InChI is InChI=1S/C14H10Cl2O3S/c1-20(18,19)13-4-2-9(3-5-13)14(17)10-6-11(15)8-12(16)7-10/h2-8H,1H3. The molecule has 0 aliphatic carbocycles. The Labute approximate surface area is 127 Å². The number of ketones is 1. The Hall–Kier alpha value is -1.36. The van der Waals surface area contributed by atoms with Crippen molar-refractivity contribution in [2.45, 2.75) is 4.90 Å². The van der Waals surface area contributed by atoms with Gasteiger partial charge in [-0.25, -0.2) is 8.42 Å². The van der Waals surface area contributed by atoms with Crippen LogP contribution in [0.15, 0.2) is 47.4 Å². The summed E-state index contributed by atoms with van der Waals surface area (Å²) in [6.45, 7) is 0. The van der Waals surface area contributed by atoms with E-state index in [1.807, 2.05) is 0 Å². The van der Waals surface area contributed by atoms with Crippen LogP contribution in [0.5, 0.6) is 0 Å². The predicted molar refractivity (Wildman–Crippen MR) is 79.4 cm³/mol. The van der Waals surface area contributed by atoms with Crippen molar-refractivity contribution in [3.63, 3.8) is 0 Å². The number of carbonyl (C=O) groups excluding carboxylic acids is 1. The van der Waals surface area contributed by atoms with Crippen LogP contribution in [-0.2, 0) is 9.84 Å². The largest absolute Gasteiger partial charge is 0.289 e. The minimum Gasteiger partial charge on any atom is -0.289 e. The Morgan fingerprint density at radius 3 is 1.85 bits per heavy atom. The molecule has 0 amide bonds. The second-order valence-electron chi connectivity index (χ2n) is 4.28. The predicted octanol–water partition coefficient (Wildman–Crippen LogP) is 3.63. The van der Waals surface area contributed by atoms with Gasteiger partial charge in [-0.1, -0.05) is 23.2 Å². The van der Waals surface area contributed by atoms with Crippen LogP contribution in [0.4, 0.5) is 0 Å². The van der Waals surface area contributed by atoms with E-state index in [0.29, 0.717) is 21.2 Å². The molecule has 2 aromatic carbocycles. The first-order chi connectivity index (χ1) is 9.27. The van der Waals surface area contributed by atoms with Crippen molar-refractivity contribution in [3.05, 3.63) is 63.6 Å². The molecule has 0 N–H and O–H groups in total. The summed E-state index contributed by atoms with van der Waals surface area (Å²) in [6.07, 6.45) is 1.11. The minimum atomic E-state index is -3.28. The number of hydrogen-bond acceptors (Lipinski definition) is 3. The van der Waals surface area contributed by atoms with Gasteiger partial charge in [-0.2, -0.15) is 0 Å². The van der Waals surface area contributed by atoms with Gasteiger partial charge in [-0.15, -0.1) is 0 Å². The summed E-state index contributed by atoms with van der Waals surface area (Å²) in [5.41, 5.74) is 0.727. The number of carbonyl (C=O) groups is 1. The van der Waals surface area contributed by atoms with E-state index in [-0.39, 0.29) is 10.7 Å². The molecule has 0 atom stereocenters. The normalized spacial score (nSPS) is 11.3. The van der Waals surface area contributed by atoms with Crippen LogP contribution in [0.2, 0.25) is 10.0 Å². The second-order valence-corrected chi connectivity index (χ2v) is 7.17. The molecule has 0 unspecified atom stereocenters. The van der Waals surface area contributed by atoms with Crippen LogP contribution in [0.3, 0.4) is 0 Å². The molecule has 6 heteroatoms. The van der Waals surface area contributed by atoms with Crippen LogP contribution in [-0.4, -0.2) is 20.5 Å². The maximum absolute atomic E-state index is 12.2. The molecule has 0 saturated carbocycles. The van der Waals surface area contributed by atoms with E-state index in [1.54, 1.807) is 0 Å². The molecule has 104 valence electrons. The third-order valence-corrected chi connectivity index (χ3v) is 4.23. The van der Waals surface area contributed by atoms with Crippen LogP contribution in [0, 0.1) is 0 Å². The molecule has 0 aromatic heterocycles. The van der Waals surface area contributed by atoms with Crippen molar-refractivity contribution in [3.8, 4) is 0 Å². The van der Waals surface area contributed by atoms with Crippen LogP contribution in [0.25, 0.3) is 0 Å². The van der Waals surface area contributed by atoms with Gasteiger partial charge < -0.3 is 0 Å². The molecular formula is C14H10Cl2O3S. The fourth-order valence-corrected chi connectivity index (χ4v) is 2.86. The van der Waals surface area contributed by atoms with Crippen LogP contribution < -0.4 is 0 Å². The number of halogens is 2. The lowest BCUT2D eigenvalue weighted by molar-refractivity contribution is 0.103. The molecule has 20 heavy (non-hydrogen) atoms. The molecule has 0 fully saturated rings. The molecule has 0 radical (unpaired) electrons. The van der Waals surface area contributed by atoms with Crippen molar-refractivity contribution in [1.82, 2.24) is 0 Å². The number of sulfone groups is 1. The highest BCUT2D eigenvalue weighted by molar-refractivity contribution is 7.90. The summed E-state index contributed by atoms with van der Waals surface area (Å²) in [7, 11) is -3.28. The topological polar surface area (TPSA) is 51.2 Å². The maximum atomic E-state index is 12.2. The highest BCUT2D eigenvalue weighted by Gasteiger charge is 2.13. The maximum Gasteiger partial charge on any atom is 0.193 e. The molecule has 0 aliphatic rings. The molecule has 3 nitrogen and oxygen atoms in total. The van der Waals surface area contributed by atoms with E-state index in [1.165, 1.54) is 42.5 Å². The molecule has 2 rings (SSSR count). The van der Waals surface area contributed by atoms with Crippen molar-refractivity contribution in [2.24, 2.45) is 0 Å². The van der Waals surface area contributed by atoms with Crippen LogP contribution in [0.1, 0.15) is 15.9 Å². The summed E-state index contributed by atoms with van der Waals surface area (Å²) >= 11 is 11.7. The summed E-state index contributed by atoms with van der Waals surface area (Å²) in [5, 5.41) is 0.738. The van der Waals surface area contributed by atoms with Crippen molar-refractivity contribution >= 4 is 38.8 Å². The van der Waals surface area contributed by atoms with Crippen molar-refractivity contribution < 1.29 is 13.2 Å². The monoisotopic (exact) mass is 328 g/mol. The fourth-order valence-electron chi connectivity index (χ4n) is 1.71. The minimum absolute atomic E-state index is 0.165. The lowest BCUT2D eigenvalue weighted by Gasteiger charge is -2.04. The highest BCUT2D eigenvalue weighted by Crippen LogP contribution is 2.21. The van der Waals surface area contributed by atoms with Gasteiger partial charge in [0.25, 0.3) is 0 Å². The fraction of sp³-hybridized carbons (Fsp3) is 0.0714. The summed E-state index contributed by atoms with van der Waals surface area (Å²) < 4.78 is 22.7. The van der Waals surface area contributed by atoms with Gasteiger partial charge in [0.1, 0.15) is 0 Å². The summed E-state index contributed by atoms with van der Waals surface area (Å²) in [4.78, 5) is 12.4. The third kappa shape index (κ3) is 3.39. The Balaban J connectivity index is 2.39. The van der Waals surface area contributed by atoms with E-state index in [9.17, 15) is 13.2 Å². The molecule has 0 saturated heterocycles. The van der Waals surface area contributed by atoms with E-state index in [0.717, 1.165) is 6.26 Å². The Kier molecular flexibility index (Phi) is 4.18. The highest BCUT2D eigenvalue weighted by atomic mass is 35.5. The molecule has 0 bridgehead atoms. The Morgan fingerprint density at radius 2 is 1.40 bits per heavy atom. The van der Waals surface area contributed by atoms with Crippen LogP contribution >= 0.6 is 23.2 Å². The van der Waals surface area contributed by atoms with Crippen molar-refractivity contribution in [1.29, 1.82) is 0 Å². The van der Waals surface area contributed by atoms with Gasteiger partial charge in [0.05, 0.1) is 4.90 Å². The molecule has 2 aromatic rings. The Bertz CT molecular complexity index is 745. The van der Waals surface area contributed by atoms with E-state index in [4.69, 9.17) is 23.2 Å². The zero-order chi connectivity index (χ0) is 14.9. The number of hydrogen-bond donors (Lipinski definition) is 0. The zero-order valence-electron chi connectivity index (χ0n) is 10.4. The first kappa shape index (κ1) is 15.0. The quantitative estimate of drug-likeness (QED) is 0.808. The summed E-state index contributed by atoms with van der Waals surface area (Å²) in [5.74, 6) is -0.269. The van der Waals surface area contributed by atoms with Gasteiger partial charge in [0, 0.05) is 27.4 Å². The Morgan fingerprint density at radius 1 is 0.900 bits per heavy atom. The van der Waals surface area contributed by atoms with Gasteiger partial charge in [0.2, 0.25) is 0 Å².